The molecule has 22 heavy (non-hydrogen) atoms. The normalized spacial score (nSPS) is 12.2. The molecule has 0 bridgehead atoms. The van der Waals surface area contributed by atoms with E-state index in [-0.39, 0.29) is 0 Å². The van der Waals surface area contributed by atoms with Gasteiger partial charge in [0.05, 0.1) is 7.11 Å². The summed E-state index contributed by atoms with van der Waals surface area (Å²) < 4.78 is 5.62. The second-order valence-corrected chi connectivity index (χ2v) is 6.03. The van der Waals surface area contributed by atoms with Crippen LogP contribution in [0.5, 0.6) is 5.75 Å². The lowest BCUT2D eigenvalue weighted by atomic mass is 9.86. The molecule has 1 atom stereocenters. The van der Waals surface area contributed by atoms with Crippen molar-refractivity contribution in [2.45, 2.75) is 33.1 Å². The smallest absolute Gasteiger partial charge is 0.122 e. The van der Waals surface area contributed by atoms with Crippen LogP contribution < -0.4 is 10.1 Å². The third-order valence-electron chi connectivity index (χ3n) is 4.38. The summed E-state index contributed by atoms with van der Waals surface area (Å²) in [5.74, 6) is 1.33. The molecule has 0 heterocycles. The molecular weight excluding hydrogens is 270 g/mol. The average Bonchev–Trinajstić information content (AvgIpc) is 2.51. The van der Waals surface area contributed by atoms with E-state index in [9.17, 15) is 0 Å². The Balaban J connectivity index is 2.49. The summed E-state index contributed by atoms with van der Waals surface area (Å²) in [6.45, 7) is 7.46. The lowest BCUT2D eigenvalue weighted by molar-refractivity contribution is 0.406. The summed E-state index contributed by atoms with van der Waals surface area (Å²) in [6.07, 6.45) is 1.05. The first-order valence-corrected chi connectivity index (χ1v) is 7.93. The second kappa shape index (κ2) is 7.46. The number of ether oxygens (including phenoxy) is 1. The Labute approximate surface area is 134 Å². The Morgan fingerprint density at radius 2 is 1.77 bits per heavy atom. The van der Waals surface area contributed by atoms with Crippen molar-refractivity contribution < 1.29 is 4.74 Å². The summed E-state index contributed by atoms with van der Waals surface area (Å²) in [7, 11) is 3.76. The quantitative estimate of drug-likeness (QED) is 0.855. The number of nitrogens with one attached hydrogen (secondary N) is 1. The third-order valence-corrected chi connectivity index (χ3v) is 4.38. The number of aryl methyl sites for hydroxylation is 3. The van der Waals surface area contributed by atoms with E-state index in [0.29, 0.717) is 5.92 Å². The van der Waals surface area contributed by atoms with Crippen molar-refractivity contribution in [3.05, 3.63) is 64.2 Å². The van der Waals surface area contributed by atoms with Crippen LogP contribution in [0.15, 0.2) is 36.4 Å². The molecule has 2 heteroatoms. The fourth-order valence-corrected chi connectivity index (χ4v) is 2.90. The molecule has 0 aliphatic heterocycles. The lowest BCUT2D eigenvalue weighted by Gasteiger charge is -2.22. The van der Waals surface area contributed by atoms with Crippen molar-refractivity contribution in [2.24, 2.45) is 0 Å². The van der Waals surface area contributed by atoms with Crippen LogP contribution in [0.3, 0.4) is 0 Å². The number of methoxy groups -OCH3 is 1. The number of hydrogen-bond acceptors (Lipinski definition) is 2. The van der Waals surface area contributed by atoms with Gasteiger partial charge in [-0.3, -0.25) is 0 Å². The van der Waals surface area contributed by atoms with Crippen molar-refractivity contribution in [3.63, 3.8) is 0 Å². The molecule has 2 rings (SSSR count). The summed E-state index contributed by atoms with van der Waals surface area (Å²) in [5.41, 5.74) is 6.60. The standard InChI is InChI=1S/C20H27NO/c1-14-6-9-20(22-5)19(12-14)18(10-11-21-4)17-8-7-15(2)16(3)13-17/h6-9,12-13,18,21H,10-11H2,1-5H3. The van der Waals surface area contributed by atoms with Gasteiger partial charge in [-0.15, -0.1) is 0 Å². The first-order valence-electron chi connectivity index (χ1n) is 7.93. The molecule has 1 unspecified atom stereocenters. The summed E-state index contributed by atoms with van der Waals surface area (Å²) in [5, 5.41) is 3.27. The van der Waals surface area contributed by atoms with Gasteiger partial charge in [0.15, 0.2) is 0 Å². The first kappa shape index (κ1) is 16.6. The Hall–Kier alpha value is -1.80. The van der Waals surface area contributed by atoms with E-state index in [2.05, 4.69) is 62.5 Å². The monoisotopic (exact) mass is 297 g/mol. The highest BCUT2D eigenvalue weighted by molar-refractivity contribution is 5.45. The van der Waals surface area contributed by atoms with Crippen LogP contribution in [0, 0.1) is 20.8 Å². The maximum Gasteiger partial charge on any atom is 0.122 e. The zero-order valence-electron chi connectivity index (χ0n) is 14.4. The zero-order valence-corrected chi connectivity index (χ0v) is 14.4. The van der Waals surface area contributed by atoms with Crippen LogP contribution in [0.2, 0.25) is 0 Å². The zero-order chi connectivity index (χ0) is 16.1. The fraction of sp³-hybridized carbons (Fsp3) is 0.400. The molecular formula is C20H27NO. The molecule has 0 aromatic heterocycles. The predicted octanol–water partition coefficient (Wildman–Crippen LogP) is 4.36. The van der Waals surface area contributed by atoms with Crippen LogP contribution in [-0.2, 0) is 0 Å². The highest BCUT2D eigenvalue weighted by atomic mass is 16.5. The minimum absolute atomic E-state index is 0.349. The average molecular weight is 297 g/mol. The number of benzene rings is 2. The minimum atomic E-state index is 0.349. The Morgan fingerprint density at radius 3 is 2.41 bits per heavy atom. The Morgan fingerprint density at radius 1 is 1.00 bits per heavy atom. The molecule has 0 aliphatic rings. The van der Waals surface area contributed by atoms with Crippen LogP contribution in [0.1, 0.15) is 40.2 Å². The van der Waals surface area contributed by atoms with E-state index in [4.69, 9.17) is 4.74 Å². The maximum absolute atomic E-state index is 5.62. The molecule has 2 aromatic rings. The van der Waals surface area contributed by atoms with Gasteiger partial charge < -0.3 is 10.1 Å². The molecule has 0 saturated carbocycles. The van der Waals surface area contributed by atoms with Crippen LogP contribution >= 0.6 is 0 Å². The van der Waals surface area contributed by atoms with Crippen molar-refractivity contribution in [1.82, 2.24) is 5.32 Å². The molecule has 118 valence electrons. The molecule has 0 aliphatic carbocycles. The highest BCUT2D eigenvalue weighted by Crippen LogP contribution is 2.35. The second-order valence-electron chi connectivity index (χ2n) is 6.03. The molecule has 0 spiro atoms. The van der Waals surface area contributed by atoms with E-state index >= 15 is 0 Å². The SMILES string of the molecule is CNCCC(c1ccc(C)c(C)c1)c1cc(C)ccc1OC. The van der Waals surface area contributed by atoms with Crippen molar-refractivity contribution in [1.29, 1.82) is 0 Å². The minimum Gasteiger partial charge on any atom is -0.496 e. The number of rotatable bonds is 6. The molecule has 0 radical (unpaired) electrons. The van der Waals surface area contributed by atoms with Gasteiger partial charge in [-0.05, 0) is 63.5 Å². The number of hydrogen-bond donors (Lipinski definition) is 1. The molecule has 0 fully saturated rings. The lowest BCUT2D eigenvalue weighted by Crippen LogP contribution is -2.14. The van der Waals surface area contributed by atoms with Crippen molar-refractivity contribution >= 4 is 0 Å². The van der Waals surface area contributed by atoms with Crippen LogP contribution in [0.4, 0.5) is 0 Å². The van der Waals surface area contributed by atoms with Crippen LogP contribution in [0.25, 0.3) is 0 Å². The summed E-state index contributed by atoms with van der Waals surface area (Å²) in [4.78, 5) is 0. The van der Waals surface area contributed by atoms with E-state index in [1.54, 1.807) is 7.11 Å². The summed E-state index contributed by atoms with van der Waals surface area (Å²) in [6, 6.07) is 13.2. The van der Waals surface area contributed by atoms with Gasteiger partial charge in [-0.1, -0.05) is 35.9 Å². The van der Waals surface area contributed by atoms with Crippen molar-refractivity contribution in [2.75, 3.05) is 20.7 Å². The van der Waals surface area contributed by atoms with Gasteiger partial charge in [-0.25, -0.2) is 0 Å². The van der Waals surface area contributed by atoms with E-state index in [1.165, 1.54) is 27.8 Å². The topological polar surface area (TPSA) is 21.3 Å². The molecule has 0 amide bonds. The van der Waals surface area contributed by atoms with E-state index in [0.717, 1.165) is 18.7 Å². The van der Waals surface area contributed by atoms with Gasteiger partial charge in [0, 0.05) is 11.5 Å². The molecule has 0 saturated heterocycles. The van der Waals surface area contributed by atoms with Gasteiger partial charge in [0.2, 0.25) is 0 Å². The largest absolute Gasteiger partial charge is 0.496 e. The highest BCUT2D eigenvalue weighted by Gasteiger charge is 2.18. The van der Waals surface area contributed by atoms with Gasteiger partial charge in [0.1, 0.15) is 5.75 Å². The molecule has 2 nitrogen and oxygen atoms in total. The fourth-order valence-electron chi connectivity index (χ4n) is 2.90. The van der Waals surface area contributed by atoms with E-state index < -0.39 is 0 Å². The summed E-state index contributed by atoms with van der Waals surface area (Å²) >= 11 is 0. The van der Waals surface area contributed by atoms with Crippen LogP contribution in [-0.4, -0.2) is 20.7 Å². The molecule has 2 aromatic carbocycles. The molecule has 1 N–H and O–H groups in total. The van der Waals surface area contributed by atoms with Gasteiger partial charge in [-0.2, -0.15) is 0 Å². The predicted molar refractivity (Wildman–Crippen MR) is 94.0 cm³/mol. The Bertz CT molecular complexity index is 634. The first-order chi connectivity index (χ1) is 10.6. The van der Waals surface area contributed by atoms with Gasteiger partial charge in [0.25, 0.3) is 0 Å². The van der Waals surface area contributed by atoms with Crippen molar-refractivity contribution in [3.8, 4) is 5.75 Å². The Kier molecular flexibility index (Phi) is 5.62. The van der Waals surface area contributed by atoms with E-state index in [1.807, 2.05) is 7.05 Å². The third kappa shape index (κ3) is 3.69. The maximum atomic E-state index is 5.62. The van der Waals surface area contributed by atoms with Gasteiger partial charge >= 0.3 is 0 Å².